The number of ether oxygens (including phenoxy) is 1. The average Bonchev–Trinajstić information content (AvgIpc) is 3.29. The van der Waals surface area contributed by atoms with E-state index in [1.54, 1.807) is 0 Å². The summed E-state index contributed by atoms with van der Waals surface area (Å²) in [7, 11) is 2.00. The second kappa shape index (κ2) is 15.7. The van der Waals surface area contributed by atoms with E-state index in [2.05, 4.69) is 103 Å². The molecule has 0 unspecified atom stereocenters. The zero-order chi connectivity index (χ0) is 34.5. The van der Waals surface area contributed by atoms with E-state index in [0.717, 1.165) is 55.7 Å². The summed E-state index contributed by atoms with van der Waals surface area (Å²) in [5, 5.41) is 2.27. The molecule has 1 aliphatic heterocycles. The third kappa shape index (κ3) is 7.93. The van der Waals surface area contributed by atoms with E-state index in [9.17, 15) is 0 Å². The summed E-state index contributed by atoms with van der Waals surface area (Å²) < 4.78 is 8.23. The van der Waals surface area contributed by atoms with Crippen LogP contribution < -0.4 is 15.4 Å². The molecule has 0 radical (unpaired) electrons. The molecule has 0 amide bonds. The van der Waals surface area contributed by atoms with Crippen molar-refractivity contribution < 1.29 is 25.8 Å². The number of fused-ring (bicyclic) bond motifs is 3. The van der Waals surface area contributed by atoms with Crippen LogP contribution in [0, 0.1) is 18.7 Å². The van der Waals surface area contributed by atoms with E-state index >= 15 is 0 Å². The number of nitrogen functional groups attached to an aromatic ring is 1. The van der Waals surface area contributed by atoms with Crippen LogP contribution in [-0.2, 0) is 26.5 Å². The summed E-state index contributed by atoms with van der Waals surface area (Å²) in [6, 6.07) is 36.4. The van der Waals surface area contributed by atoms with Crippen LogP contribution in [0.15, 0.2) is 126 Å². The molecule has 0 spiro atoms. The maximum atomic E-state index is 6.23. The number of aromatic nitrogens is 2. The molecule has 4 aromatic carbocycles. The van der Waals surface area contributed by atoms with Crippen molar-refractivity contribution in [1.82, 2.24) is 9.55 Å². The molecule has 50 heavy (non-hydrogen) atoms. The number of hydrogen-bond donors (Lipinski definition) is 1. The summed E-state index contributed by atoms with van der Waals surface area (Å²) in [6.07, 6.45) is 9.07. The molecule has 6 nitrogen and oxygen atoms in total. The summed E-state index contributed by atoms with van der Waals surface area (Å²) in [4.78, 5) is 11.2. The van der Waals surface area contributed by atoms with Crippen LogP contribution in [-0.4, -0.2) is 29.0 Å². The van der Waals surface area contributed by atoms with Crippen LogP contribution in [0.1, 0.15) is 40.2 Å². The third-order valence-corrected chi connectivity index (χ3v) is 8.55. The molecule has 0 aliphatic carbocycles. The van der Waals surface area contributed by atoms with Gasteiger partial charge in [-0.2, -0.15) is 19.1 Å². The van der Waals surface area contributed by atoms with Gasteiger partial charge < -0.3 is 19.9 Å². The smallest absolute Gasteiger partial charge is 0.135 e. The zero-order valence-corrected chi connectivity index (χ0v) is 31.6. The number of aliphatic imine (C=N–C) groups is 1. The molecule has 258 valence electrons. The van der Waals surface area contributed by atoms with Crippen LogP contribution in [0.25, 0.3) is 38.8 Å². The molecule has 3 heterocycles. The van der Waals surface area contributed by atoms with Gasteiger partial charge in [0.05, 0.1) is 5.69 Å². The van der Waals surface area contributed by atoms with Gasteiger partial charge in [-0.25, -0.2) is 23.2 Å². The van der Waals surface area contributed by atoms with E-state index in [4.69, 9.17) is 15.5 Å². The van der Waals surface area contributed by atoms with Gasteiger partial charge in [-0.3, -0.25) is 4.99 Å². The summed E-state index contributed by atoms with van der Waals surface area (Å²) in [5.74, 6) is 1.95. The van der Waals surface area contributed by atoms with Crippen molar-refractivity contribution >= 4 is 39.1 Å². The fraction of sp³-hybridized carbons (Fsp3) is 0.186. The Kier molecular flexibility index (Phi) is 11.4. The molecule has 0 atom stereocenters. The zero-order valence-electron chi connectivity index (χ0n) is 29.3. The number of nitrogens with two attached hydrogens (primary N) is 1. The standard InChI is InChI=1S/C28H25N3O.C15H17N2.Pt/c1-19-8-7-14-30-27(16-19)32-21-11-12-23-22-9-5-6-10-24(22)31(25(23)18-21)26-17-20(13-15-29-26)28(2,3)4;1-3-17(2)14-11-7-10-13(15(14)16)12-8-5-4-6-9-12;/h5-13,15,17H,14H2,1-4H3;3-11H,16H2,1-2H3;/q-2;-1;. The van der Waals surface area contributed by atoms with Crippen molar-refractivity contribution in [1.29, 1.82) is 0 Å². The Morgan fingerprint density at radius 1 is 0.920 bits per heavy atom. The second-order valence-electron chi connectivity index (χ2n) is 13.0. The predicted octanol–water partition coefficient (Wildman–Crippen LogP) is 9.92. The molecule has 7 heteroatoms. The number of pyridine rings is 1. The van der Waals surface area contributed by atoms with Gasteiger partial charge in [-0.1, -0.05) is 93.9 Å². The number of anilines is 2. The van der Waals surface area contributed by atoms with Crippen LogP contribution in [0.4, 0.5) is 11.4 Å². The first-order chi connectivity index (χ1) is 23.6. The SMILES string of the molecule is CC1=[C-]C(Oc2[c-]c3c(cc2)c2ccccc2n3-c2cc(C(C)(C)C)ccn2)=NCC=C1.C[CH-]N(C)c1cccc(-c2ccccc2)c1N.[Pt]. The average molecular weight is 840 g/mol. The molecule has 2 aromatic heterocycles. The molecule has 0 saturated heterocycles. The molecular formula is C43H42N5OPt-3. The molecule has 0 bridgehead atoms. The van der Waals surface area contributed by atoms with Crippen molar-refractivity contribution in [2.45, 2.75) is 40.0 Å². The normalized spacial score (nSPS) is 12.7. The molecular weight excluding hydrogens is 798 g/mol. The number of hydrogen-bond acceptors (Lipinski definition) is 5. The Balaban J connectivity index is 0.000000229. The van der Waals surface area contributed by atoms with Gasteiger partial charge in [0.2, 0.25) is 0 Å². The topological polar surface area (TPSA) is 68.7 Å². The number of para-hydroxylation sites is 2. The maximum absolute atomic E-state index is 6.23. The number of benzene rings is 4. The number of nitrogens with zero attached hydrogens (tertiary/aromatic N) is 4. The first-order valence-corrected chi connectivity index (χ1v) is 16.5. The van der Waals surface area contributed by atoms with Crippen molar-refractivity contribution in [3.8, 4) is 22.7 Å². The molecule has 1 aliphatic rings. The Hall–Kier alpha value is -4.93. The summed E-state index contributed by atoms with van der Waals surface area (Å²) >= 11 is 0. The van der Waals surface area contributed by atoms with E-state index in [-0.39, 0.29) is 26.5 Å². The van der Waals surface area contributed by atoms with Crippen LogP contribution in [0.5, 0.6) is 5.75 Å². The van der Waals surface area contributed by atoms with Gasteiger partial charge in [-0.15, -0.1) is 23.6 Å². The van der Waals surface area contributed by atoms with Crippen LogP contribution in [0.2, 0.25) is 0 Å². The van der Waals surface area contributed by atoms with E-state index in [1.165, 1.54) is 5.56 Å². The first kappa shape index (κ1) is 36.4. The Labute approximate surface area is 310 Å². The fourth-order valence-electron chi connectivity index (χ4n) is 5.82. The number of allylic oxidation sites excluding steroid dienone is 2. The molecule has 2 N–H and O–H groups in total. The second-order valence-corrected chi connectivity index (χ2v) is 13.0. The van der Waals surface area contributed by atoms with Crippen molar-refractivity contribution in [3.63, 3.8) is 0 Å². The van der Waals surface area contributed by atoms with Crippen molar-refractivity contribution in [2.75, 3.05) is 24.2 Å². The van der Waals surface area contributed by atoms with Gasteiger partial charge in [0, 0.05) is 56.3 Å². The van der Waals surface area contributed by atoms with E-state index < -0.39 is 0 Å². The Bertz CT molecular complexity index is 2190. The van der Waals surface area contributed by atoms with Crippen molar-refractivity contribution in [3.05, 3.63) is 145 Å². The van der Waals surface area contributed by atoms with Crippen LogP contribution in [0.3, 0.4) is 0 Å². The van der Waals surface area contributed by atoms with Gasteiger partial charge >= 0.3 is 0 Å². The maximum Gasteiger partial charge on any atom is 0.135 e. The van der Waals surface area contributed by atoms with Gasteiger partial charge in [0.1, 0.15) is 11.7 Å². The Morgan fingerprint density at radius 3 is 2.44 bits per heavy atom. The van der Waals surface area contributed by atoms with E-state index in [0.29, 0.717) is 18.2 Å². The predicted molar refractivity (Wildman–Crippen MR) is 205 cm³/mol. The molecule has 0 fully saturated rings. The first-order valence-electron chi connectivity index (χ1n) is 16.5. The monoisotopic (exact) mass is 839 g/mol. The fourth-order valence-corrected chi connectivity index (χ4v) is 5.82. The molecule has 7 rings (SSSR count). The quantitative estimate of drug-likeness (QED) is 0.139. The van der Waals surface area contributed by atoms with Crippen molar-refractivity contribution in [2.24, 2.45) is 4.99 Å². The summed E-state index contributed by atoms with van der Waals surface area (Å²) in [5.41, 5.74) is 14.6. The Morgan fingerprint density at radius 2 is 1.68 bits per heavy atom. The molecule has 6 aromatic rings. The minimum Gasteiger partial charge on any atom is -0.523 e. The largest absolute Gasteiger partial charge is 0.523 e. The minimum atomic E-state index is 0. The van der Waals surface area contributed by atoms with E-state index in [1.807, 2.05) is 87.1 Å². The third-order valence-electron chi connectivity index (χ3n) is 8.55. The number of rotatable bonds is 5. The van der Waals surface area contributed by atoms with Gasteiger partial charge in [-0.05, 0) is 53.2 Å². The summed E-state index contributed by atoms with van der Waals surface area (Å²) in [6.45, 7) is 13.2. The molecule has 0 saturated carbocycles. The minimum absolute atomic E-state index is 0. The van der Waals surface area contributed by atoms with Crippen LogP contribution >= 0.6 is 0 Å². The van der Waals surface area contributed by atoms with Gasteiger partial charge in [0.15, 0.2) is 0 Å². The van der Waals surface area contributed by atoms with Gasteiger partial charge in [0.25, 0.3) is 0 Å².